The second-order valence-corrected chi connectivity index (χ2v) is 7.22. The molecule has 0 bridgehead atoms. The predicted molar refractivity (Wildman–Crippen MR) is 78.5 cm³/mol. The smallest absolute Gasteiger partial charge is 0.00844 e. The maximum atomic E-state index is 6.42. The van der Waals surface area contributed by atoms with Crippen molar-refractivity contribution in [1.82, 2.24) is 4.90 Å². The number of hydrogen-bond donors (Lipinski definition) is 1. The Balaban J connectivity index is 1.87. The standard InChI is InChI=1S/C16H32N2/c1-12-5-4-7-18(8-6-12)11-15-14(3)9-13(2)10-16(15)17/h12-16H,4-11,17H2,1-3H3. The Kier molecular flexibility index (Phi) is 5.08. The van der Waals surface area contributed by atoms with Crippen molar-refractivity contribution >= 4 is 0 Å². The van der Waals surface area contributed by atoms with Crippen LogP contribution in [0.25, 0.3) is 0 Å². The lowest BCUT2D eigenvalue weighted by molar-refractivity contribution is 0.119. The largest absolute Gasteiger partial charge is 0.327 e. The molecular formula is C16H32N2. The Morgan fingerprint density at radius 1 is 1.00 bits per heavy atom. The van der Waals surface area contributed by atoms with E-state index in [-0.39, 0.29) is 0 Å². The second-order valence-electron chi connectivity index (χ2n) is 7.22. The number of nitrogens with zero attached hydrogens (tertiary/aromatic N) is 1. The molecule has 5 unspecified atom stereocenters. The first-order valence-corrected chi connectivity index (χ1v) is 8.04. The van der Waals surface area contributed by atoms with Gasteiger partial charge >= 0.3 is 0 Å². The maximum Gasteiger partial charge on any atom is 0.00844 e. The van der Waals surface area contributed by atoms with Gasteiger partial charge in [0.25, 0.3) is 0 Å². The first kappa shape index (κ1) is 14.3. The van der Waals surface area contributed by atoms with Gasteiger partial charge in [0.05, 0.1) is 0 Å². The van der Waals surface area contributed by atoms with Crippen LogP contribution in [0.3, 0.4) is 0 Å². The molecule has 0 aromatic carbocycles. The third kappa shape index (κ3) is 3.71. The third-order valence-electron chi connectivity index (χ3n) is 5.31. The van der Waals surface area contributed by atoms with Crippen LogP contribution in [0, 0.1) is 23.7 Å². The summed E-state index contributed by atoms with van der Waals surface area (Å²) in [6.45, 7) is 11.0. The van der Waals surface area contributed by atoms with Crippen molar-refractivity contribution in [2.75, 3.05) is 19.6 Å². The van der Waals surface area contributed by atoms with Crippen molar-refractivity contribution in [3.8, 4) is 0 Å². The van der Waals surface area contributed by atoms with Crippen molar-refractivity contribution in [1.29, 1.82) is 0 Å². The van der Waals surface area contributed by atoms with E-state index in [4.69, 9.17) is 5.73 Å². The minimum absolute atomic E-state index is 0.435. The van der Waals surface area contributed by atoms with Crippen molar-refractivity contribution in [3.63, 3.8) is 0 Å². The average Bonchev–Trinajstić information content (AvgIpc) is 2.48. The maximum absolute atomic E-state index is 6.42. The van der Waals surface area contributed by atoms with Gasteiger partial charge in [-0.25, -0.2) is 0 Å². The zero-order valence-electron chi connectivity index (χ0n) is 12.6. The van der Waals surface area contributed by atoms with Crippen molar-refractivity contribution < 1.29 is 0 Å². The van der Waals surface area contributed by atoms with Crippen molar-refractivity contribution in [2.45, 2.75) is 58.9 Å². The minimum Gasteiger partial charge on any atom is -0.327 e. The van der Waals surface area contributed by atoms with Gasteiger partial charge in [-0.15, -0.1) is 0 Å². The van der Waals surface area contributed by atoms with Crippen molar-refractivity contribution in [2.24, 2.45) is 29.4 Å². The van der Waals surface area contributed by atoms with Crippen LogP contribution in [0.5, 0.6) is 0 Å². The summed E-state index contributed by atoms with van der Waals surface area (Å²) < 4.78 is 0. The Morgan fingerprint density at radius 2 is 1.78 bits per heavy atom. The summed E-state index contributed by atoms with van der Waals surface area (Å²) in [5, 5.41) is 0. The molecule has 0 amide bonds. The zero-order chi connectivity index (χ0) is 13.1. The fourth-order valence-corrected chi connectivity index (χ4v) is 4.09. The van der Waals surface area contributed by atoms with Crippen LogP contribution >= 0.6 is 0 Å². The summed E-state index contributed by atoms with van der Waals surface area (Å²) in [5.74, 6) is 3.29. The second kappa shape index (κ2) is 6.38. The van der Waals surface area contributed by atoms with E-state index in [1.807, 2.05) is 0 Å². The lowest BCUT2D eigenvalue weighted by Crippen LogP contribution is -2.46. The van der Waals surface area contributed by atoms with Gasteiger partial charge in [-0.2, -0.15) is 0 Å². The molecule has 0 radical (unpaired) electrons. The lowest BCUT2D eigenvalue weighted by Gasteiger charge is -2.40. The van der Waals surface area contributed by atoms with Crippen molar-refractivity contribution in [3.05, 3.63) is 0 Å². The van der Waals surface area contributed by atoms with Gasteiger partial charge < -0.3 is 10.6 Å². The molecule has 2 aliphatic rings. The molecule has 1 saturated heterocycles. The Bertz CT molecular complexity index is 241. The third-order valence-corrected chi connectivity index (χ3v) is 5.31. The summed E-state index contributed by atoms with van der Waals surface area (Å²) in [5.41, 5.74) is 6.42. The molecular weight excluding hydrogens is 220 g/mol. The van der Waals surface area contributed by atoms with E-state index in [0.29, 0.717) is 6.04 Å². The Labute approximate surface area is 113 Å². The number of rotatable bonds is 2. The molecule has 18 heavy (non-hydrogen) atoms. The van der Waals surface area contributed by atoms with Gasteiger partial charge in [0, 0.05) is 12.6 Å². The summed E-state index contributed by atoms with van der Waals surface area (Å²) in [7, 11) is 0. The van der Waals surface area contributed by atoms with Crippen LogP contribution in [-0.2, 0) is 0 Å². The van der Waals surface area contributed by atoms with E-state index in [0.717, 1.165) is 23.7 Å². The molecule has 1 heterocycles. The summed E-state index contributed by atoms with van der Waals surface area (Å²) in [4.78, 5) is 2.69. The van der Waals surface area contributed by atoms with E-state index >= 15 is 0 Å². The normalized spacial score (nSPS) is 43.7. The van der Waals surface area contributed by atoms with E-state index in [9.17, 15) is 0 Å². The molecule has 1 saturated carbocycles. The molecule has 5 atom stereocenters. The molecule has 2 rings (SSSR count). The highest BCUT2D eigenvalue weighted by atomic mass is 15.1. The van der Waals surface area contributed by atoms with Gasteiger partial charge in [0.2, 0.25) is 0 Å². The quantitative estimate of drug-likeness (QED) is 0.818. The van der Waals surface area contributed by atoms with Crippen LogP contribution in [0.2, 0.25) is 0 Å². The average molecular weight is 252 g/mol. The molecule has 1 aliphatic heterocycles. The van der Waals surface area contributed by atoms with Gasteiger partial charge in [-0.3, -0.25) is 0 Å². The first-order valence-electron chi connectivity index (χ1n) is 8.04. The van der Waals surface area contributed by atoms with Crippen LogP contribution in [0.15, 0.2) is 0 Å². The van der Waals surface area contributed by atoms with Gasteiger partial charge in [-0.1, -0.05) is 20.8 Å². The summed E-state index contributed by atoms with van der Waals surface area (Å²) >= 11 is 0. The number of nitrogens with two attached hydrogens (primary N) is 1. The summed E-state index contributed by atoms with van der Waals surface area (Å²) in [6, 6.07) is 0.435. The highest BCUT2D eigenvalue weighted by Gasteiger charge is 2.33. The molecule has 0 aromatic rings. The van der Waals surface area contributed by atoms with Crippen LogP contribution in [-0.4, -0.2) is 30.6 Å². The number of likely N-dealkylation sites (tertiary alicyclic amines) is 1. The highest BCUT2D eigenvalue weighted by molar-refractivity contribution is 4.87. The number of hydrogen-bond acceptors (Lipinski definition) is 2. The fourth-order valence-electron chi connectivity index (χ4n) is 4.09. The van der Waals surface area contributed by atoms with Gasteiger partial charge in [0.15, 0.2) is 0 Å². The van der Waals surface area contributed by atoms with E-state index < -0.39 is 0 Å². The van der Waals surface area contributed by atoms with E-state index in [1.165, 1.54) is 51.7 Å². The summed E-state index contributed by atoms with van der Waals surface area (Å²) in [6.07, 6.45) is 6.79. The van der Waals surface area contributed by atoms with Crippen LogP contribution in [0.4, 0.5) is 0 Å². The molecule has 2 nitrogen and oxygen atoms in total. The highest BCUT2D eigenvalue weighted by Crippen LogP contribution is 2.33. The van der Waals surface area contributed by atoms with E-state index in [1.54, 1.807) is 0 Å². The predicted octanol–water partition coefficient (Wildman–Crippen LogP) is 3.12. The van der Waals surface area contributed by atoms with Crippen LogP contribution < -0.4 is 5.73 Å². The molecule has 0 aromatic heterocycles. The SMILES string of the molecule is CC1CCCN(CC2C(C)CC(C)CC2N)CC1. The molecule has 0 spiro atoms. The fraction of sp³-hybridized carbons (Fsp3) is 1.00. The Morgan fingerprint density at radius 3 is 2.50 bits per heavy atom. The van der Waals surface area contributed by atoms with Gasteiger partial charge in [0.1, 0.15) is 0 Å². The molecule has 2 heteroatoms. The topological polar surface area (TPSA) is 29.3 Å². The monoisotopic (exact) mass is 252 g/mol. The Hall–Kier alpha value is -0.0800. The molecule has 2 N–H and O–H groups in total. The molecule has 106 valence electrons. The molecule has 1 aliphatic carbocycles. The zero-order valence-corrected chi connectivity index (χ0v) is 12.6. The van der Waals surface area contributed by atoms with Crippen LogP contribution in [0.1, 0.15) is 52.9 Å². The van der Waals surface area contributed by atoms with Gasteiger partial charge in [-0.05, 0) is 68.9 Å². The molecule has 2 fully saturated rings. The minimum atomic E-state index is 0.435. The van der Waals surface area contributed by atoms with E-state index in [2.05, 4.69) is 25.7 Å². The lowest BCUT2D eigenvalue weighted by atomic mass is 9.72. The first-order chi connectivity index (χ1) is 8.56.